The maximum absolute atomic E-state index is 11.9. The van der Waals surface area contributed by atoms with Crippen LogP contribution in [0.3, 0.4) is 0 Å². The molecule has 0 amide bonds. The van der Waals surface area contributed by atoms with Gasteiger partial charge in [0.15, 0.2) is 0 Å². The number of carbonyl (C=O) groups excluding carboxylic acids is 1. The summed E-state index contributed by atoms with van der Waals surface area (Å²) in [6.45, 7) is 5.08. The number of aryl methyl sites for hydroxylation is 2. The third-order valence-electron chi connectivity index (χ3n) is 2.89. The van der Waals surface area contributed by atoms with Gasteiger partial charge >= 0.3 is 0 Å². The molecule has 0 radical (unpaired) electrons. The van der Waals surface area contributed by atoms with Gasteiger partial charge in [0.05, 0.1) is 12.1 Å². The van der Waals surface area contributed by atoms with Crippen molar-refractivity contribution in [1.29, 1.82) is 0 Å². The Morgan fingerprint density at radius 3 is 2.94 bits per heavy atom. The minimum absolute atomic E-state index is 0.304. The Bertz CT molecular complexity index is 378. The van der Waals surface area contributed by atoms with Crippen LogP contribution in [0.15, 0.2) is 0 Å². The van der Waals surface area contributed by atoms with Crippen LogP contribution >= 0.6 is 23.1 Å². The number of nitrogens with zero attached hydrogens (tertiary/aromatic N) is 1. The molecule has 0 aromatic carbocycles. The van der Waals surface area contributed by atoms with Crippen LogP contribution in [0.25, 0.3) is 0 Å². The second kappa shape index (κ2) is 5.98. The molecule has 3 nitrogen and oxygen atoms in total. The SMILES string of the molecule is Cc1nc(CC(=O)CC2CSCCN2)sc1C. The fraction of sp³-hybridized carbons (Fsp3) is 0.667. The van der Waals surface area contributed by atoms with Gasteiger partial charge < -0.3 is 5.32 Å². The second-order valence-corrected chi connectivity index (χ2v) is 6.83. The number of aromatic nitrogens is 1. The summed E-state index contributed by atoms with van der Waals surface area (Å²) in [7, 11) is 0. The first kappa shape index (κ1) is 13.1. The molecule has 1 saturated heterocycles. The predicted molar refractivity (Wildman–Crippen MR) is 74.0 cm³/mol. The number of nitrogens with one attached hydrogen (secondary N) is 1. The van der Waals surface area contributed by atoms with E-state index in [-0.39, 0.29) is 0 Å². The van der Waals surface area contributed by atoms with Gasteiger partial charge in [-0.1, -0.05) is 0 Å². The van der Waals surface area contributed by atoms with Crippen molar-refractivity contribution in [2.45, 2.75) is 32.7 Å². The first-order valence-corrected chi connectivity index (χ1v) is 7.88. The topological polar surface area (TPSA) is 42.0 Å². The van der Waals surface area contributed by atoms with Crippen molar-refractivity contribution in [3.05, 3.63) is 15.6 Å². The highest BCUT2D eigenvalue weighted by atomic mass is 32.2. The average Bonchev–Trinajstić information content (AvgIpc) is 2.59. The molecule has 1 aromatic heterocycles. The molecule has 17 heavy (non-hydrogen) atoms. The highest BCUT2D eigenvalue weighted by Crippen LogP contribution is 2.18. The molecule has 1 N–H and O–H groups in total. The van der Waals surface area contributed by atoms with E-state index in [9.17, 15) is 4.79 Å². The predicted octanol–water partition coefficient (Wildman–Crippen LogP) is 1.97. The molecule has 1 fully saturated rings. The Hall–Kier alpha value is -0.390. The largest absolute Gasteiger partial charge is 0.312 e. The summed E-state index contributed by atoms with van der Waals surface area (Å²) in [5, 5.41) is 4.36. The zero-order valence-electron chi connectivity index (χ0n) is 10.3. The van der Waals surface area contributed by atoms with Gasteiger partial charge in [-0.3, -0.25) is 4.79 Å². The molecule has 0 saturated carbocycles. The lowest BCUT2D eigenvalue weighted by Crippen LogP contribution is -2.39. The number of hydrogen-bond acceptors (Lipinski definition) is 5. The molecule has 1 aromatic rings. The van der Waals surface area contributed by atoms with Crippen molar-refractivity contribution in [3.8, 4) is 0 Å². The first-order chi connectivity index (χ1) is 8.15. The molecule has 1 atom stereocenters. The van der Waals surface area contributed by atoms with E-state index in [1.54, 1.807) is 11.3 Å². The van der Waals surface area contributed by atoms with Gasteiger partial charge in [-0.05, 0) is 13.8 Å². The third kappa shape index (κ3) is 3.79. The van der Waals surface area contributed by atoms with Gasteiger partial charge in [-0.2, -0.15) is 11.8 Å². The van der Waals surface area contributed by atoms with Gasteiger partial charge in [0.1, 0.15) is 10.8 Å². The number of hydrogen-bond donors (Lipinski definition) is 1. The Kier molecular flexibility index (Phi) is 4.59. The minimum Gasteiger partial charge on any atom is -0.312 e. The second-order valence-electron chi connectivity index (χ2n) is 4.39. The summed E-state index contributed by atoms with van der Waals surface area (Å²) in [6, 6.07) is 0.364. The quantitative estimate of drug-likeness (QED) is 0.908. The molecule has 1 unspecified atom stereocenters. The lowest BCUT2D eigenvalue weighted by atomic mass is 10.1. The van der Waals surface area contributed by atoms with Crippen molar-refractivity contribution in [1.82, 2.24) is 10.3 Å². The van der Waals surface area contributed by atoms with E-state index in [1.807, 2.05) is 18.7 Å². The molecule has 2 heterocycles. The molecular weight excluding hydrogens is 252 g/mol. The van der Waals surface area contributed by atoms with Crippen LogP contribution in [0.5, 0.6) is 0 Å². The molecule has 0 spiro atoms. The van der Waals surface area contributed by atoms with Crippen molar-refractivity contribution in [3.63, 3.8) is 0 Å². The summed E-state index contributed by atoms with van der Waals surface area (Å²) in [5.41, 5.74) is 1.06. The number of thiazole rings is 1. The van der Waals surface area contributed by atoms with E-state index in [0.29, 0.717) is 24.7 Å². The zero-order valence-corrected chi connectivity index (χ0v) is 11.9. The van der Waals surface area contributed by atoms with Crippen LogP contribution < -0.4 is 5.32 Å². The Morgan fingerprint density at radius 1 is 1.53 bits per heavy atom. The van der Waals surface area contributed by atoms with Crippen LogP contribution in [0.2, 0.25) is 0 Å². The van der Waals surface area contributed by atoms with Gasteiger partial charge in [-0.15, -0.1) is 11.3 Å². The molecule has 0 bridgehead atoms. The molecule has 0 aliphatic carbocycles. The van der Waals surface area contributed by atoms with Crippen molar-refractivity contribution in [2.75, 3.05) is 18.1 Å². The Morgan fingerprint density at radius 2 is 2.35 bits per heavy atom. The highest BCUT2D eigenvalue weighted by molar-refractivity contribution is 7.99. The van der Waals surface area contributed by atoms with Crippen molar-refractivity contribution in [2.24, 2.45) is 0 Å². The van der Waals surface area contributed by atoms with E-state index in [4.69, 9.17) is 0 Å². The Balaban J connectivity index is 1.84. The fourth-order valence-corrected chi connectivity index (χ4v) is 3.79. The van der Waals surface area contributed by atoms with Crippen LogP contribution in [-0.4, -0.2) is 34.9 Å². The third-order valence-corrected chi connectivity index (χ3v) is 5.10. The number of Topliss-reactive ketones (excluding diaryl/α,β-unsaturated/α-hetero) is 1. The molecule has 5 heteroatoms. The summed E-state index contributed by atoms with van der Waals surface area (Å²) >= 11 is 3.58. The van der Waals surface area contributed by atoms with E-state index in [1.165, 1.54) is 4.88 Å². The molecule has 2 rings (SSSR count). The van der Waals surface area contributed by atoms with Crippen LogP contribution in [-0.2, 0) is 11.2 Å². The van der Waals surface area contributed by atoms with Crippen molar-refractivity contribution < 1.29 is 4.79 Å². The zero-order chi connectivity index (χ0) is 12.3. The lowest BCUT2D eigenvalue weighted by Gasteiger charge is -2.22. The van der Waals surface area contributed by atoms with E-state index < -0.39 is 0 Å². The lowest BCUT2D eigenvalue weighted by molar-refractivity contribution is -0.118. The van der Waals surface area contributed by atoms with Gasteiger partial charge in [-0.25, -0.2) is 4.98 Å². The number of ketones is 1. The fourth-order valence-electron chi connectivity index (χ4n) is 1.88. The van der Waals surface area contributed by atoms with Crippen LogP contribution in [0, 0.1) is 13.8 Å². The van der Waals surface area contributed by atoms with Gasteiger partial charge in [0.25, 0.3) is 0 Å². The smallest absolute Gasteiger partial charge is 0.141 e. The first-order valence-electron chi connectivity index (χ1n) is 5.91. The monoisotopic (exact) mass is 270 g/mol. The summed E-state index contributed by atoms with van der Waals surface area (Å²) in [5.74, 6) is 2.52. The van der Waals surface area contributed by atoms with E-state index >= 15 is 0 Å². The van der Waals surface area contributed by atoms with Crippen LogP contribution in [0.4, 0.5) is 0 Å². The van der Waals surface area contributed by atoms with Crippen molar-refractivity contribution >= 4 is 28.9 Å². The van der Waals surface area contributed by atoms with Crippen LogP contribution in [0.1, 0.15) is 22.0 Å². The molecular formula is C12H18N2OS2. The Labute approximate surface area is 110 Å². The minimum atomic E-state index is 0.304. The standard InChI is InChI=1S/C12H18N2OS2/c1-8-9(2)17-12(14-8)6-11(15)5-10-7-16-4-3-13-10/h10,13H,3-7H2,1-2H3. The van der Waals surface area contributed by atoms with Gasteiger partial charge in [0, 0.05) is 35.4 Å². The molecule has 1 aliphatic rings. The summed E-state index contributed by atoms with van der Waals surface area (Å²) in [6.07, 6.45) is 1.15. The number of carbonyl (C=O) groups is 1. The number of rotatable bonds is 4. The maximum atomic E-state index is 11.9. The molecule has 1 aliphatic heterocycles. The highest BCUT2D eigenvalue weighted by Gasteiger charge is 2.17. The summed E-state index contributed by atoms with van der Waals surface area (Å²) in [4.78, 5) is 17.6. The average molecular weight is 270 g/mol. The number of thioether (sulfide) groups is 1. The van der Waals surface area contributed by atoms with E-state index in [2.05, 4.69) is 17.2 Å². The summed E-state index contributed by atoms with van der Waals surface area (Å²) < 4.78 is 0. The van der Waals surface area contributed by atoms with Gasteiger partial charge in [0.2, 0.25) is 0 Å². The van der Waals surface area contributed by atoms with E-state index in [0.717, 1.165) is 28.8 Å². The normalized spacial score (nSPS) is 20.5. The molecule has 94 valence electrons. The maximum Gasteiger partial charge on any atom is 0.141 e.